The third-order valence-corrected chi connectivity index (χ3v) is 17.7. The number of aromatic nitrogens is 6. The van der Waals surface area contributed by atoms with Crippen LogP contribution in [0.5, 0.6) is 0 Å². The molecule has 4 aromatic heterocycles. The number of carbonyl (C=O) groups excluding carboxylic acids is 8. The summed E-state index contributed by atoms with van der Waals surface area (Å²) in [4.78, 5) is 131. The van der Waals surface area contributed by atoms with Crippen molar-refractivity contribution < 1.29 is 103 Å². The highest BCUT2D eigenvalue weighted by molar-refractivity contribution is 7.14. The maximum Gasteiger partial charge on any atom is 0.404 e. The minimum atomic E-state index is -2.20. The Labute approximate surface area is 573 Å². The van der Waals surface area contributed by atoms with Gasteiger partial charge in [0.1, 0.15) is 94.6 Å². The van der Waals surface area contributed by atoms with Gasteiger partial charge >= 0.3 is 6.09 Å². The van der Waals surface area contributed by atoms with Gasteiger partial charge in [-0.2, -0.15) is 0 Å². The Bertz CT molecular complexity index is 3320. The highest BCUT2D eigenvalue weighted by Crippen LogP contribution is 2.35. The van der Waals surface area contributed by atoms with Gasteiger partial charge in [0.15, 0.2) is 18.7 Å². The molecule has 8 amide bonds. The maximum atomic E-state index is 15.2. The van der Waals surface area contributed by atoms with Crippen LogP contribution in [0.3, 0.4) is 0 Å². The molecule has 4 aromatic rings. The van der Waals surface area contributed by atoms with Crippen molar-refractivity contribution in [2.75, 3.05) is 58.2 Å². The van der Waals surface area contributed by atoms with Crippen molar-refractivity contribution in [3.63, 3.8) is 0 Å². The summed E-state index contributed by atoms with van der Waals surface area (Å²) in [5.41, 5.74) is 33.6. The first kappa shape index (κ1) is 80.2. The molecule has 0 saturated carbocycles. The van der Waals surface area contributed by atoms with Crippen molar-refractivity contribution in [2.45, 2.75) is 170 Å². The Morgan fingerprint density at radius 3 is 2.09 bits per heavy atom. The quantitative estimate of drug-likeness (QED) is 0.0185. The van der Waals surface area contributed by atoms with E-state index < -0.39 is 183 Å². The summed E-state index contributed by atoms with van der Waals surface area (Å²) in [5.74, 6) is -8.74. The molecule has 0 bridgehead atoms. The van der Waals surface area contributed by atoms with E-state index in [1.807, 2.05) is 0 Å². The molecule has 2 aliphatic rings. The average Bonchev–Trinajstić information content (AvgIpc) is 1.07. The van der Waals surface area contributed by atoms with Gasteiger partial charge in [0.05, 0.1) is 72.7 Å². The third kappa shape index (κ3) is 22.1. The normalized spacial score (nSPS) is 23.6. The Morgan fingerprint density at radius 2 is 1.44 bits per heavy atom. The van der Waals surface area contributed by atoms with Crippen LogP contribution in [0.1, 0.15) is 102 Å². The number of aromatic amines is 1. The molecule has 6 heterocycles. The molecule has 2 fully saturated rings. The van der Waals surface area contributed by atoms with Crippen LogP contribution in [0, 0.1) is 12.8 Å². The topological polar surface area (TPSA) is 665 Å². The number of hydrogen-bond donors (Lipinski definition) is 22. The number of thiazole rings is 2. The van der Waals surface area contributed by atoms with Gasteiger partial charge in [0.25, 0.3) is 11.8 Å². The smallest absolute Gasteiger partial charge is 0.404 e. The number of nitrogens with zero attached hydrogens (tertiary/aromatic N) is 5. The van der Waals surface area contributed by atoms with Crippen molar-refractivity contribution in [1.29, 1.82) is 0 Å². The number of rotatable bonds is 39. The second-order valence-corrected chi connectivity index (χ2v) is 25.2. The fourth-order valence-electron chi connectivity index (χ4n) is 10.2. The summed E-state index contributed by atoms with van der Waals surface area (Å²) in [7, 11) is 0. The van der Waals surface area contributed by atoms with Crippen molar-refractivity contribution in [3.8, 4) is 10.7 Å². The second kappa shape index (κ2) is 38.2. The van der Waals surface area contributed by atoms with E-state index in [0.717, 1.165) is 44.9 Å². The Kier molecular flexibility index (Phi) is 30.9. The fraction of sp³-hybridized carbons (Fsp3) is 0.632. The lowest BCUT2D eigenvalue weighted by Crippen LogP contribution is -2.65. The van der Waals surface area contributed by atoms with Crippen molar-refractivity contribution in [2.24, 2.45) is 34.6 Å². The molecule has 19 atom stereocenters. The molecular formula is C57H89N19O21S2. The van der Waals surface area contributed by atoms with Gasteiger partial charge in [-0.15, -0.1) is 22.7 Å². The summed E-state index contributed by atoms with van der Waals surface area (Å²) in [5, 5.41) is 111. The van der Waals surface area contributed by atoms with E-state index >= 15 is 4.79 Å². The molecule has 0 aromatic carbocycles. The number of nitrogens with two attached hydrogens (primary N) is 6. The van der Waals surface area contributed by atoms with Crippen LogP contribution in [0.2, 0.25) is 0 Å². The standard InChI is InChI=1S/C57H89N19O21S2/c1-22-35(73-48(76-46(22)61)27(14-33(60)80)68-15-26(59)47(62)86)52(90)75-37(43(28-16-65-21-69-28)95-56-45(41(84)39(82)31(17-77)94-56)96-55-42(85)44(97-57(63)92)40(83)32(18-78)93-55)53(91)70-24(3)38(81)23(2)49(87)74-36(25(4)79)51(89)67-13-8-34-71-30(20-98-34)54-72-29(19-99-54)50(88)66-12-7-11-64-10-6-5-9-58/h16,19-21,23-27,31-32,36-45,55-56,64,68,77-79,81-85H,5-15,17-18,58-59H2,1-4H3,(H2,60,80)(H2,62,86)(H2,63,92)(H,65,69)(H,66,88)(H,67,89)(H,70,91)(H,74,87)(H,75,90)(H2,61,73,76)/t23-,24+,25+,26-,27-,31-,32+,36-,37-,38-,39+,40+,41-,42-,43?,44-,45-,55+,56-/m0/s1. The van der Waals surface area contributed by atoms with Crippen LogP contribution < -0.4 is 71.6 Å². The molecule has 550 valence electrons. The molecule has 28 N–H and O–H groups in total. The predicted octanol–water partition coefficient (Wildman–Crippen LogP) is -8.25. The van der Waals surface area contributed by atoms with Gasteiger partial charge in [-0.1, -0.05) is 6.92 Å². The van der Waals surface area contributed by atoms with Gasteiger partial charge in [0.2, 0.25) is 29.5 Å². The van der Waals surface area contributed by atoms with E-state index in [2.05, 4.69) is 67.1 Å². The SMILES string of the molecule is Cc1c(N)nc([C@H](CC(N)=O)NC[C@H](N)C(N)=O)nc1C(=O)N[C@H](C(=O)N[C@H](C)[C@@H](O)[C@H](C)C(=O)N[C@H](C(=O)NCCc1nc(-c2nc(C(=O)NCCCNCCCCN)cs2)cs1)[C@@H](C)O)C(O[C@@H]1O[C@@H](CO)[C@@H](O)[C@H](O)[C@@H]1O[C@H]1O[C@H](CO)[C@@H](O)[C@H](OC(N)=O)[C@@H]1O)c1cnc[nH]1. The van der Waals surface area contributed by atoms with Crippen LogP contribution >= 0.6 is 22.7 Å². The number of H-pyrrole nitrogens is 1. The Balaban J connectivity index is 1.23. The number of amides is 8. The Hall–Kier alpha value is -7.73. The van der Waals surface area contributed by atoms with Crippen molar-refractivity contribution in [1.82, 2.24) is 67.1 Å². The monoisotopic (exact) mass is 1440 g/mol. The number of aliphatic hydroxyl groups is 8. The van der Waals surface area contributed by atoms with E-state index in [1.54, 1.807) is 10.8 Å². The first-order chi connectivity index (χ1) is 47.0. The highest BCUT2D eigenvalue weighted by atomic mass is 32.1. The van der Waals surface area contributed by atoms with Crippen molar-refractivity contribution >= 4 is 75.9 Å². The molecule has 6 rings (SSSR count). The van der Waals surface area contributed by atoms with E-state index in [9.17, 15) is 74.4 Å². The van der Waals surface area contributed by atoms with Gasteiger partial charge in [-0.3, -0.25) is 33.6 Å². The fourth-order valence-corrected chi connectivity index (χ4v) is 11.8. The number of primary amides is 3. The summed E-state index contributed by atoms with van der Waals surface area (Å²) in [6.07, 6.45) is -22.5. The predicted molar refractivity (Wildman–Crippen MR) is 346 cm³/mol. The molecule has 1 unspecified atom stereocenters. The zero-order valence-electron chi connectivity index (χ0n) is 54.4. The summed E-state index contributed by atoms with van der Waals surface area (Å²) in [6.45, 7) is 5.29. The number of ether oxygens (including phenoxy) is 5. The maximum absolute atomic E-state index is 15.2. The van der Waals surface area contributed by atoms with Gasteiger partial charge < -0.3 is 141 Å². The number of unbranched alkanes of at least 4 members (excludes halogenated alkanes) is 1. The first-order valence-corrected chi connectivity index (χ1v) is 33.1. The zero-order valence-corrected chi connectivity index (χ0v) is 56.0. The first-order valence-electron chi connectivity index (χ1n) is 31.4. The minimum Gasteiger partial charge on any atom is -0.441 e. The number of hydrogen-bond acceptors (Lipinski definition) is 33. The van der Waals surface area contributed by atoms with E-state index in [1.165, 1.54) is 50.4 Å². The van der Waals surface area contributed by atoms with Gasteiger partial charge in [-0.25, -0.2) is 29.7 Å². The van der Waals surface area contributed by atoms with Gasteiger partial charge in [-0.05, 0) is 59.7 Å². The van der Waals surface area contributed by atoms with Gasteiger partial charge in [0, 0.05) is 48.8 Å². The lowest BCUT2D eigenvalue weighted by atomic mass is 9.96. The number of aliphatic hydroxyl groups excluding tert-OH is 8. The molecule has 0 aliphatic carbocycles. The van der Waals surface area contributed by atoms with Crippen LogP contribution in [0.15, 0.2) is 23.3 Å². The van der Waals surface area contributed by atoms with Crippen LogP contribution in [0.25, 0.3) is 10.7 Å². The Morgan fingerprint density at radius 1 is 0.747 bits per heavy atom. The molecule has 0 radical (unpaired) electrons. The lowest BCUT2D eigenvalue weighted by molar-refractivity contribution is -0.372. The number of carbonyl (C=O) groups is 8. The summed E-state index contributed by atoms with van der Waals surface area (Å²) in [6, 6.07) is -7.87. The molecule has 42 heteroatoms. The highest BCUT2D eigenvalue weighted by Gasteiger charge is 2.54. The summed E-state index contributed by atoms with van der Waals surface area (Å²) < 4.78 is 28.7. The molecule has 99 heavy (non-hydrogen) atoms. The lowest BCUT2D eigenvalue weighted by Gasteiger charge is -2.47. The molecule has 40 nitrogen and oxygen atoms in total. The third-order valence-electron chi connectivity index (χ3n) is 15.9. The van der Waals surface area contributed by atoms with E-state index in [-0.39, 0.29) is 54.0 Å². The van der Waals surface area contributed by atoms with E-state index in [4.69, 9.17) is 58.1 Å². The van der Waals surface area contributed by atoms with Crippen LogP contribution in [0.4, 0.5) is 10.6 Å². The van der Waals surface area contributed by atoms with E-state index in [0.29, 0.717) is 28.8 Å². The molecule has 0 spiro atoms. The minimum absolute atomic E-state index is 0.0140. The van der Waals surface area contributed by atoms with Crippen LogP contribution in [-0.4, -0.2) is 268 Å². The number of nitrogen functional groups attached to an aromatic ring is 1. The number of imidazole rings is 1. The van der Waals surface area contributed by atoms with Crippen molar-refractivity contribution in [3.05, 3.63) is 56.8 Å². The molecule has 2 aliphatic heterocycles. The number of anilines is 1. The second-order valence-electron chi connectivity index (χ2n) is 23.4. The molecule has 2 saturated heterocycles. The molecular weight excluding hydrogens is 1350 g/mol. The zero-order chi connectivity index (χ0) is 72.9. The summed E-state index contributed by atoms with van der Waals surface area (Å²) >= 11 is 2.50. The largest absolute Gasteiger partial charge is 0.441 e. The van der Waals surface area contributed by atoms with Crippen LogP contribution in [-0.2, 0) is 54.1 Å². The number of nitrogens with one attached hydrogen (secondary N) is 8. The average molecular weight is 1440 g/mol.